The zero-order chi connectivity index (χ0) is 35.9. The van der Waals surface area contributed by atoms with Crippen LogP contribution < -0.4 is 19.6 Å². The van der Waals surface area contributed by atoms with Crippen molar-refractivity contribution in [2.24, 2.45) is 0 Å². The fourth-order valence-electron chi connectivity index (χ4n) is 5.58. The highest BCUT2D eigenvalue weighted by atomic mass is 16.7. The van der Waals surface area contributed by atoms with Crippen molar-refractivity contribution >= 4 is 11.0 Å². The zero-order valence-corrected chi connectivity index (χ0v) is 26.7. The van der Waals surface area contributed by atoms with E-state index in [1.54, 1.807) is 12.1 Å². The number of aliphatic hydroxyl groups is 8. The molecule has 1 aromatic heterocycles. The van der Waals surface area contributed by atoms with E-state index in [4.69, 9.17) is 28.1 Å². The molecule has 0 amide bonds. The number of ether oxygens (including phenoxy) is 5. The molecule has 5 rings (SSSR count). The maximum atomic E-state index is 14.3. The van der Waals surface area contributed by atoms with E-state index in [-0.39, 0.29) is 34.6 Å². The molecule has 2 fully saturated rings. The second-order valence-electron chi connectivity index (χ2n) is 12.1. The number of phenols is 1. The molecule has 3 heterocycles. The van der Waals surface area contributed by atoms with Gasteiger partial charge in [0.2, 0.25) is 23.8 Å². The lowest BCUT2D eigenvalue weighted by atomic mass is 9.97. The predicted molar refractivity (Wildman–Crippen MR) is 168 cm³/mol. The number of hydrogen-bond donors (Lipinski definition) is 9. The molecule has 0 aliphatic carbocycles. The molecule has 16 heteroatoms. The third-order valence-corrected chi connectivity index (χ3v) is 8.62. The lowest BCUT2D eigenvalue weighted by molar-refractivity contribution is -0.277. The first-order valence-electron chi connectivity index (χ1n) is 15.3. The smallest absolute Gasteiger partial charge is 0.239 e. The van der Waals surface area contributed by atoms with Crippen molar-refractivity contribution in [3.63, 3.8) is 0 Å². The van der Waals surface area contributed by atoms with E-state index in [1.807, 2.05) is 0 Å². The van der Waals surface area contributed by atoms with E-state index in [0.29, 0.717) is 11.3 Å². The van der Waals surface area contributed by atoms with Gasteiger partial charge in [-0.05, 0) is 38.1 Å². The van der Waals surface area contributed by atoms with Crippen LogP contribution in [-0.2, 0) is 15.9 Å². The summed E-state index contributed by atoms with van der Waals surface area (Å²) >= 11 is 0. The Labute approximate surface area is 279 Å². The molecule has 2 aromatic carbocycles. The van der Waals surface area contributed by atoms with Crippen LogP contribution in [0, 0.1) is 0 Å². The van der Waals surface area contributed by atoms with Gasteiger partial charge in [0.15, 0.2) is 5.76 Å². The molecule has 0 bridgehead atoms. The van der Waals surface area contributed by atoms with E-state index in [0.717, 1.165) is 6.07 Å². The Morgan fingerprint density at radius 2 is 1.53 bits per heavy atom. The lowest BCUT2D eigenvalue weighted by Gasteiger charge is -2.39. The molecule has 11 atom stereocenters. The van der Waals surface area contributed by atoms with E-state index in [9.17, 15) is 50.8 Å². The number of hydrogen-bond acceptors (Lipinski definition) is 16. The standard InChI is InChI=1S/C33H40O16/c1-12(2)17(35)9-16-19(46-33-28(43)26(41)23(38)20(11-34)47-33)10-18(36)21-24(39)31(49-32-27(42)25(40)22(37)13(3)45-32)29(48-30(16)21)14-5-7-15(44-4)8-6-14/h5-8,10,13,17,20,22-23,25-28,32-38,40-43H,1,9,11H2,2-4H3/t13?,17?,20-,22?,23?,25-,26?,27-,28-,32?,33-/m1/s1. The molecule has 0 spiro atoms. The van der Waals surface area contributed by atoms with Gasteiger partial charge in [0.25, 0.3) is 0 Å². The fourth-order valence-corrected chi connectivity index (χ4v) is 5.58. The fraction of sp³-hybridized carbons (Fsp3) is 0.485. The molecule has 9 N–H and O–H groups in total. The van der Waals surface area contributed by atoms with Crippen LogP contribution in [-0.4, -0.2) is 127 Å². The van der Waals surface area contributed by atoms with Gasteiger partial charge in [0.1, 0.15) is 70.9 Å². The van der Waals surface area contributed by atoms with Crippen LogP contribution >= 0.6 is 0 Å². The van der Waals surface area contributed by atoms with Crippen molar-refractivity contribution in [1.82, 2.24) is 0 Å². The summed E-state index contributed by atoms with van der Waals surface area (Å²) in [6.07, 6.45) is -17.6. The summed E-state index contributed by atoms with van der Waals surface area (Å²) in [7, 11) is 1.45. The first-order valence-corrected chi connectivity index (χ1v) is 15.3. The second-order valence-corrected chi connectivity index (χ2v) is 12.1. The van der Waals surface area contributed by atoms with E-state index in [2.05, 4.69) is 6.58 Å². The van der Waals surface area contributed by atoms with Crippen molar-refractivity contribution in [2.75, 3.05) is 13.7 Å². The minimum absolute atomic E-state index is 0.0280. The van der Waals surface area contributed by atoms with Crippen LogP contribution in [0.1, 0.15) is 19.4 Å². The van der Waals surface area contributed by atoms with E-state index < -0.39 is 96.4 Å². The number of aromatic hydroxyl groups is 1. The van der Waals surface area contributed by atoms with Crippen molar-refractivity contribution < 1.29 is 74.1 Å². The average molecular weight is 693 g/mol. The van der Waals surface area contributed by atoms with Gasteiger partial charge < -0.3 is 74.1 Å². The quantitative estimate of drug-likeness (QED) is 0.116. The molecule has 16 nitrogen and oxygen atoms in total. The highest BCUT2D eigenvalue weighted by molar-refractivity contribution is 5.91. The van der Waals surface area contributed by atoms with Gasteiger partial charge in [-0.1, -0.05) is 12.2 Å². The number of methoxy groups -OCH3 is 1. The Balaban J connectivity index is 1.73. The summed E-state index contributed by atoms with van der Waals surface area (Å²) in [4.78, 5) is 14.3. The van der Waals surface area contributed by atoms with Gasteiger partial charge in [-0.25, -0.2) is 0 Å². The van der Waals surface area contributed by atoms with Crippen molar-refractivity contribution in [1.29, 1.82) is 0 Å². The highest BCUT2D eigenvalue weighted by Gasteiger charge is 2.46. The monoisotopic (exact) mass is 692 g/mol. The molecule has 2 aliphatic heterocycles. The third-order valence-electron chi connectivity index (χ3n) is 8.62. The van der Waals surface area contributed by atoms with Crippen molar-refractivity contribution in [3.8, 4) is 34.3 Å². The number of aliphatic hydroxyl groups excluding tert-OH is 8. The van der Waals surface area contributed by atoms with Crippen molar-refractivity contribution in [2.45, 2.75) is 87.8 Å². The summed E-state index contributed by atoms with van der Waals surface area (Å²) in [5, 5.41) is 93.7. The molecule has 6 unspecified atom stereocenters. The molecule has 2 saturated heterocycles. The zero-order valence-electron chi connectivity index (χ0n) is 26.7. The summed E-state index contributed by atoms with van der Waals surface area (Å²) in [5.41, 5.74) is -0.772. The van der Waals surface area contributed by atoms with Gasteiger partial charge >= 0.3 is 0 Å². The van der Waals surface area contributed by atoms with E-state index in [1.165, 1.54) is 33.1 Å². The second kappa shape index (κ2) is 14.6. The molecule has 0 radical (unpaired) electrons. The average Bonchev–Trinajstić information content (AvgIpc) is 3.08. The summed E-state index contributed by atoms with van der Waals surface area (Å²) in [6.45, 7) is 5.97. The number of benzene rings is 2. The lowest BCUT2D eigenvalue weighted by Crippen LogP contribution is -2.60. The van der Waals surface area contributed by atoms with Gasteiger partial charge in [0.05, 0.1) is 25.9 Å². The molecular weight excluding hydrogens is 652 g/mol. The predicted octanol–water partition coefficient (Wildman–Crippen LogP) is -0.961. The number of rotatable bonds is 10. The maximum Gasteiger partial charge on any atom is 0.239 e. The van der Waals surface area contributed by atoms with Crippen molar-refractivity contribution in [3.05, 3.63) is 58.3 Å². The first-order chi connectivity index (χ1) is 23.2. The summed E-state index contributed by atoms with van der Waals surface area (Å²) in [6, 6.07) is 7.13. The molecule has 3 aromatic rings. The van der Waals surface area contributed by atoms with Crippen LogP contribution in [0.3, 0.4) is 0 Å². The van der Waals surface area contributed by atoms with Gasteiger partial charge in [-0.3, -0.25) is 4.79 Å². The number of fused-ring (bicyclic) bond motifs is 1. The normalized spacial score (nSPS) is 30.9. The van der Waals surface area contributed by atoms with Crippen LogP contribution in [0.2, 0.25) is 0 Å². The minimum Gasteiger partial charge on any atom is -0.507 e. The largest absolute Gasteiger partial charge is 0.507 e. The Morgan fingerprint density at radius 1 is 0.918 bits per heavy atom. The summed E-state index contributed by atoms with van der Waals surface area (Å²) in [5.74, 6) is -1.35. The highest BCUT2D eigenvalue weighted by Crippen LogP contribution is 2.42. The van der Waals surface area contributed by atoms with Crippen LogP contribution in [0.25, 0.3) is 22.3 Å². The maximum absolute atomic E-state index is 14.3. The Hall–Kier alpha value is -3.81. The van der Waals surface area contributed by atoms with Crippen LogP contribution in [0.5, 0.6) is 23.0 Å². The van der Waals surface area contributed by atoms with Gasteiger partial charge in [-0.15, -0.1) is 0 Å². The Kier molecular flexibility index (Phi) is 10.9. The molecular formula is C33H40O16. The molecule has 268 valence electrons. The third kappa shape index (κ3) is 6.98. The summed E-state index contributed by atoms with van der Waals surface area (Å²) < 4.78 is 34.3. The molecule has 49 heavy (non-hydrogen) atoms. The first kappa shape index (κ1) is 36.5. The minimum atomic E-state index is -1.84. The Bertz CT molecular complexity index is 1700. The van der Waals surface area contributed by atoms with Gasteiger partial charge in [0, 0.05) is 23.6 Å². The molecule has 0 saturated carbocycles. The van der Waals surface area contributed by atoms with E-state index >= 15 is 0 Å². The molecule has 2 aliphatic rings. The Morgan fingerprint density at radius 3 is 2.12 bits per heavy atom. The topological polar surface area (TPSA) is 258 Å². The van der Waals surface area contributed by atoms with Crippen LogP contribution in [0.15, 0.2) is 51.7 Å². The van der Waals surface area contributed by atoms with Gasteiger partial charge in [-0.2, -0.15) is 0 Å². The number of phenolic OH excluding ortho intramolecular Hbond substituents is 1. The van der Waals surface area contributed by atoms with Crippen LogP contribution in [0.4, 0.5) is 0 Å². The SMILES string of the molecule is C=C(C)C(O)Cc1c(O[C@@H]2O[C@H](CO)C(O)C(O)[C@H]2O)cc(O)c2c(=O)c(OC3OC(C)C(O)[C@@H](O)[C@H]3O)c(-c3ccc(OC)cc3)oc12.